The highest BCUT2D eigenvalue weighted by Gasteiger charge is 2.33. The molecule has 0 bridgehead atoms. The maximum Gasteiger partial charge on any atom is 0.208 e. The molecule has 0 spiro atoms. The number of hydrogen-bond donors (Lipinski definition) is 2. The van der Waals surface area contributed by atoms with Gasteiger partial charge in [0.1, 0.15) is 11.6 Å². The number of piperazine rings is 1. The zero-order chi connectivity index (χ0) is 20.3. The number of nitrogens with one attached hydrogen (secondary N) is 2. The Kier molecular flexibility index (Phi) is 8.13. The smallest absolute Gasteiger partial charge is 0.208 e. The van der Waals surface area contributed by atoms with Crippen molar-refractivity contribution in [2.75, 3.05) is 25.9 Å². The molecule has 160 valence electrons. The van der Waals surface area contributed by atoms with E-state index in [1.807, 2.05) is 0 Å². The van der Waals surface area contributed by atoms with Crippen LogP contribution in [0.15, 0.2) is 48.5 Å². The summed E-state index contributed by atoms with van der Waals surface area (Å²) in [5.74, 6) is -0.656. The van der Waals surface area contributed by atoms with E-state index in [0.717, 1.165) is 17.4 Å². The Balaban J connectivity index is 0.00000300. The average molecular weight is 446 g/mol. The SMILES string of the molecule is C[C@H]1CN(C(c2ccc(F)cc2)c2ccc(F)cc2)[C@H](CNS(C)(=O)=O)CN1.Cl. The Morgan fingerprint density at radius 1 is 1.07 bits per heavy atom. The molecule has 2 atom stereocenters. The summed E-state index contributed by atoms with van der Waals surface area (Å²) in [4.78, 5) is 2.19. The van der Waals surface area contributed by atoms with E-state index in [2.05, 4.69) is 21.9 Å². The van der Waals surface area contributed by atoms with Gasteiger partial charge in [0.15, 0.2) is 0 Å². The summed E-state index contributed by atoms with van der Waals surface area (Å²) >= 11 is 0. The molecule has 1 heterocycles. The van der Waals surface area contributed by atoms with Gasteiger partial charge in [-0.05, 0) is 42.3 Å². The van der Waals surface area contributed by atoms with Gasteiger partial charge in [-0.15, -0.1) is 12.4 Å². The molecule has 2 aromatic carbocycles. The normalized spacial score (nSPS) is 20.4. The molecule has 9 heteroatoms. The van der Waals surface area contributed by atoms with Gasteiger partial charge in [-0.1, -0.05) is 24.3 Å². The van der Waals surface area contributed by atoms with Crippen LogP contribution in [0.5, 0.6) is 0 Å². The quantitative estimate of drug-likeness (QED) is 0.717. The first-order valence-corrected chi connectivity index (χ1v) is 11.1. The Bertz CT molecular complexity index is 849. The summed E-state index contributed by atoms with van der Waals surface area (Å²) in [6.45, 7) is 3.56. The van der Waals surface area contributed by atoms with Crippen LogP contribution in [0.4, 0.5) is 8.78 Å². The summed E-state index contributed by atoms with van der Waals surface area (Å²) in [6.07, 6.45) is 1.13. The number of rotatable bonds is 6. The van der Waals surface area contributed by atoms with E-state index in [0.29, 0.717) is 13.1 Å². The number of nitrogens with zero attached hydrogens (tertiary/aromatic N) is 1. The van der Waals surface area contributed by atoms with Gasteiger partial charge >= 0.3 is 0 Å². The molecule has 0 saturated carbocycles. The Hall–Kier alpha value is -1.58. The average Bonchev–Trinajstić information content (AvgIpc) is 2.64. The highest BCUT2D eigenvalue weighted by Crippen LogP contribution is 2.32. The molecule has 1 fully saturated rings. The van der Waals surface area contributed by atoms with Gasteiger partial charge in [0.2, 0.25) is 10.0 Å². The van der Waals surface area contributed by atoms with Crippen LogP contribution in [0, 0.1) is 11.6 Å². The summed E-state index contributed by atoms with van der Waals surface area (Å²) < 4.78 is 52.8. The van der Waals surface area contributed by atoms with E-state index < -0.39 is 10.0 Å². The van der Waals surface area contributed by atoms with Crippen LogP contribution in [0.3, 0.4) is 0 Å². The van der Waals surface area contributed by atoms with Crippen LogP contribution in [0.1, 0.15) is 24.1 Å². The Morgan fingerprint density at radius 2 is 1.55 bits per heavy atom. The highest BCUT2D eigenvalue weighted by atomic mass is 35.5. The lowest BCUT2D eigenvalue weighted by molar-refractivity contribution is 0.105. The van der Waals surface area contributed by atoms with Gasteiger partial charge in [-0.3, -0.25) is 4.90 Å². The maximum absolute atomic E-state index is 13.5. The number of sulfonamides is 1. The lowest BCUT2D eigenvalue weighted by Crippen LogP contribution is -2.59. The van der Waals surface area contributed by atoms with Crippen molar-refractivity contribution in [3.05, 3.63) is 71.3 Å². The van der Waals surface area contributed by atoms with Crippen molar-refractivity contribution in [2.24, 2.45) is 0 Å². The van der Waals surface area contributed by atoms with E-state index in [4.69, 9.17) is 0 Å². The first kappa shape index (κ1) is 23.7. The number of hydrogen-bond acceptors (Lipinski definition) is 4. The molecule has 5 nitrogen and oxygen atoms in total. The van der Waals surface area contributed by atoms with Crippen molar-refractivity contribution in [3.63, 3.8) is 0 Å². The van der Waals surface area contributed by atoms with Crippen molar-refractivity contribution < 1.29 is 17.2 Å². The van der Waals surface area contributed by atoms with Gasteiger partial charge in [0.25, 0.3) is 0 Å². The molecule has 1 aliphatic heterocycles. The van der Waals surface area contributed by atoms with E-state index in [1.54, 1.807) is 24.3 Å². The molecule has 29 heavy (non-hydrogen) atoms. The minimum Gasteiger partial charge on any atom is -0.311 e. The number of benzene rings is 2. The fourth-order valence-corrected chi connectivity index (χ4v) is 4.10. The van der Waals surface area contributed by atoms with Gasteiger partial charge in [-0.25, -0.2) is 21.9 Å². The molecule has 2 aromatic rings. The van der Waals surface area contributed by atoms with Gasteiger partial charge in [-0.2, -0.15) is 0 Å². The monoisotopic (exact) mass is 445 g/mol. The van der Waals surface area contributed by atoms with Crippen LogP contribution >= 0.6 is 12.4 Å². The second-order valence-corrected chi connectivity index (χ2v) is 9.12. The Morgan fingerprint density at radius 3 is 2.00 bits per heavy atom. The highest BCUT2D eigenvalue weighted by molar-refractivity contribution is 7.88. The van der Waals surface area contributed by atoms with Crippen LogP contribution in [-0.4, -0.2) is 51.3 Å². The molecule has 2 N–H and O–H groups in total. The van der Waals surface area contributed by atoms with Crippen LogP contribution in [-0.2, 0) is 10.0 Å². The van der Waals surface area contributed by atoms with Gasteiger partial charge in [0.05, 0.1) is 12.3 Å². The maximum atomic E-state index is 13.5. The van der Waals surface area contributed by atoms with Crippen LogP contribution in [0.25, 0.3) is 0 Å². The molecule has 1 saturated heterocycles. The zero-order valence-corrected chi connectivity index (χ0v) is 17.9. The van der Waals surface area contributed by atoms with E-state index in [-0.39, 0.29) is 48.7 Å². The van der Waals surface area contributed by atoms with Crippen LogP contribution in [0.2, 0.25) is 0 Å². The Labute approximate surface area is 177 Å². The van der Waals surface area contributed by atoms with Crippen molar-refractivity contribution in [1.29, 1.82) is 0 Å². The predicted molar refractivity (Wildman–Crippen MR) is 113 cm³/mol. The van der Waals surface area contributed by atoms with Crippen LogP contribution < -0.4 is 10.0 Å². The predicted octanol–water partition coefficient (Wildman–Crippen LogP) is 2.69. The molecule has 0 amide bonds. The molecule has 0 aliphatic carbocycles. The first-order valence-electron chi connectivity index (χ1n) is 9.17. The third-order valence-corrected chi connectivity index (χ3v) is 5.63. The minimum absolute atomic E-state index is 0. The second kappa shape index (κ2) is 9.95. The summed E-state index contributed by atoms with van der Waals surface area (Å²) in [7, 11) is -3.33. The van der Waals surface area contributed by atoms with Gasteiger partial charge in [0, 0.05) is 31.7 Å². The molecule has 0 radical (unpaired) electrons. The summed E-state index contributed by atoms with van der Waals surface area (Å²) in [5, 5.41) is 3.38. The molecule has 0 unspecified atom stereocenters. The molecule has 1 aliphatic rings. The van der Waals surface area contributed by atoms with Crippen molar-refractivity contribution in [3.8, 4) is 0 Å². The lowest BCUT2D eigenvalue weighted by Gasteiger charge is -2.44. The molecule has 0 aromatic heterocycles. The van der Waals surface area contributed by atoms with Crippen molar-refractivity contribution >= 4 is 22.4 Å². The van der Waals surface area contributed by atoms with Gasteiger partial charge < -0.3 is 5.32 Å². The van der Waals surface area contributed by atoms with E-state index in [1.165, 1.54) is 24.3 Å². The lowest BCUT2D eigenvalue weighted by atomic mass is 9.93. The standard InChI is InChI=1S/C20H25F2N3O2S.ClH/c1-14-13-25(19(11-23-14)12-24-28(2,26)27)20(15-3-7-17(21)8-4-15)16-5-9-18(22)10-6-16;/h3-10,14,19-20,23-24H,11-13H2,1-2H3;1H/t14-,19-;/m0./s1. The van der Waals surface area contributed by atoms with E-state index in [9.17, 15) is 17.2 Å². The molecular formula is C20H26ClF2N3O2S. The third kappa shape index (κ3) is 6.45. The largest absolute Gasteiger partial charge is 0.311 e. The second-order valence-electron chi connectivity index (χ2n) is 7.29. The fourth-order valence-electron chi connectivity index (χ4n) is 3.60. The number of halogens is 3. The zero-order valence-electron chi connectivity index (χ0n) is 16.3. The van der Waals surface area contributed by atoms with Crippen molar-refractivity contribution in [2.45, 2.75) is 25.0 Å². The third-order valence-electron chi connectivity index (χ3n) is 4.94. The first-order chi connectivity index (χ1) is 13.2. The fraction of sp³-hybridized carbons (Fsp3) is 0.400. The summed E-state index contributed by atoms with van der Waals surface area (Å²) in [6, 6.07) is 12.3. The topological polar surface area (TPSA) is 61.4 Å². The minimum atomic E-state index is -3.33. The molecular weight excluding hydrogens is 420 g/mol. The van der Waals surface area contributed by atoms with E-state index >= 15 is 0 Å². The van der Waals surface area contributed by atoms with Crippen molar-refractivity contribution in [1.82, 2.24) is 14.9 Å². The molecule has 3 rings (SSSR count). The summed E-state index contributed by atoms with van der Waals surface area (Å²) in [5.41, 5.74) is 1.73.